The molecule has 11 heterocycles. The molecule has 82 heavy (non-hydrogen) atoms. The van der Waals surface area contributed by atoms with Gasteiger partial charge < -0.3 is 47.2 Å². The van der Waals surface area contributed by atoms with Crippen molar-refractivity contribution in [1.82, 2.24) is 73.3 Å². The molecule has 1 aliphatic rings. The average Bonchev–Trinajstić information content (AvgIpc) is 4.05. The van der Waals surface area contributed by atoms with Crippen LogP contribution in [-0.2, 0) is 17.7 Å². The van der Waals surface area contributed by atoms with E-state index in [0.29, 0.717) is 47.4 Å². The Labute approximate surface area is 461 Å². The van der Waals surface area contributed by atoms with Gasteiger partial charge in [-0.2, -0.15) is 0 Å². The Balaban J connectivity index is 0.000000138. The number of ether oxygens (including phenoxy) is 2. The normalized spacial score (nSPS) is 11.9. The van der Waals surface area contributed by atoms with Crippen LogP contribution >= 0.6 is 0 Å². The molecule has 3 amide bonds. The number of halogens is 3. The fraction of sp³-hybridized carbons (Fsp3) is 0.170. The molecule has 0 aliphatic heterocycles. The van der Waals surface area contributed by atoms with Crippen molar-refractivity contribution >= 4 is 69.2 Å². The van der Waals surface area contributed by atoms with Gasteiger partial charge in [0.2, 0.25) is 0 Å². The highest BCUT2D eigenvalue weighted by molar-refractivity contribution is 6.14. The maximum absolute atomic E-state index is 13.4. The summed E-state index contributed by atoms with van der Waals surface area (Å²) >= 11 is 0. The lowest BCUT2D eigenvalue weighted by atomic mass is 10.0. The van der Waals surface area contributed by atoms with Gasteiger partial charge in [0, 0.05) is 49.6 Å². The van der Waals surface area contributed by atoms with Gasteiger partial charge in [0.05, 0.1) is 117 Å². The monoisotopic (exact) mass is 1120 g/mol. The number of carbonyl (C=O) groups is 3. The molecule has 29 heteroatoms. The number of amides is 3. The zero-order valence-corrected chi connectivity index (χ0v) is 43.7. The van der Waals surface area contributed by atoms with Crippen molar-refractivity contribution in [2.45, 2.75) is 38.6 Å². The molecule has 416 valence electrons. The zero-order valence-electron chi connectivity index (χ0n) is 43.7. The molecule has 0 unspecified atom stereocenters. The summed E-state index contributed by atoms with van der Waals surface area (Å²) in [5.74, 6) is -2.49. The molecule has 0 spiro atoms. The summed E-state index contributed by atoms with van der Waals surface area (Å²) in [6.07, 6.45) is 25.7. The minimum Gasteiger partial charge on any atom is -0.494 e. The first-order valence-electron chi connectivity index (χ1n) is 24.9. The highest BCUT2D eigenvalue weighted by atomic mass is 19.1. The molecule has 12 rings (SSSR count). The number of nitrogens with one attached hydrogen (secondary N) is 3. The summed E-state index contributed by atoms with van der Waals surface area (Å²) in [5, 5.41) is 20.3. The lowest BCUT2D eigenvalue weighted by Crippen LogP contribution is -2.16. The zero-order chi connectivity index (χ0) is 57.6. The number of anilines is 6. The summed E-state index contributed by atoms with van der Waals surface area (Å²) < 4.78 is 55.8. The summed E-state index contributed by atoms with van der Waals surface area (Å²) in [7, 11) is 3.12. The Morgan fingerprint density at radius 3 is 1.67 bits per heavy atom. The Morgan fingerprint density at radius 2 is 1.15 bits per heavy atom. The second-order valence-electron chi connectivity index (χ2n) is 18.0. The van der Waals surface area contributed by atoms with Crippen LogP contribution in [0, 0.1) is 17.5 Å². The van der Waals surface area contributed by atoms with Crippen molar-refractivity contribution in [3.05, 3.63) is 163 Å². The second kappa shape index (κ2) is 23.6. The lowest BCUT2D eigenvalue weighted by molar-refractivity contribution is 0.102. The van der Waals surface area contributed by atoms with Crippen LogP contribution in [0.2, 0.25) is 0 Å². The van der Waals surface area contributed by atoms with Crippen LogP contribution < -0.4 is 37.9 Å². The summed E-state index contributed by atoms with van der Waals surface area (Å²) in [6, 6.07) is 5.36. The van der Waals surface area contributed by atoms with Gasteiger partial charge in [0.25, 0.3) is 17.7 Å². The van der Waals surface area contributed by atoms with E-state index in [-0.39, 0.29) is 51.1 Å². The van der Waals surface area contributed by atoms with Crippen LogP contribution in [0.15, 0.2) is 117 Å². The fourth-order valence-electron chi connectivity index (χ4n) is 8.87. The van der Waals surface area contributed by atoms with Crippen molar-refractivity contribution in [2.75, 3.05) is 54.0 Å². The van der Waals surface area contributed by atoms with E-state index in [1.165, 1.54) is 30.2 Å². The number of nitrogens with zero attached hydrogens (tertiary/aromatic N) is 15. The van der Waals surface area contributed by atoms with Crippen molar-refractivity contribution in [3.8, 4) is 28.1 Å². The first kappa shape index (κ1) is 54.4. The maximum Gasteiger partial charge on any atom is 0.263 e. The topological polar surface area (TPSA) is 344 Å². The Hall–Kier alpha value is -11.0. The summed E-state index contributed by atoms with van der Waals surface area (Å²) in [5.41, 5.74) is 24.9. The van der Waals surface area contributed by atoms with Crippen LogP contribution in [0.25, 0.3) is 39.3 Å². The number of nitrogen functional groups attached to an aromatic ring is 3. The molecule has 0 radical (unpaired) electrons. The number of aryl methyl sites for hydroxylation is 1. The number of pyridine rings is 4. The number of methoxy groups -OCH3 is 2. The fourth-order valence-corrected chi connectivity index (χ4v) is 8.87. The molecule has 1 fully saturated rings. The van der Waals surface area contributed by atoms with E-state index < -0.39 is 35.2 Å². The van der Waals surface area contributed by atoms with Gasteiger partial charge in [0.1, 0.15) is 22.4 Å². The number of hydrogen-bond acceptors (Lipinski definition) is 19. The number of imidazole rings is 1. The largest absolute Gasteiger partial charge is 0.494 e. The van der Waals surface area contributed by atoms with Gasteiger partial charge in [-0.1, -0.05) is 13.0 Å². The number of rotatable bonds is 14. The molecule has 0 aromatic carbocycles. The highest BCUT2D eigenvalue weighted by Crippen LogP contribution is 2.45. The van der Waals surface area contributed by atoms with E-state index >= 15 is 0 Å². The third kappa shape index (κ3) is 11.3. The van der Waals surface area contributed by atoms with E-state index in [0.717, 1.165) is 93.4 Å². The predicted octanol–water partition coefficient (Wildman–Crippen LogP) is 6.31. The first-order valence-corrected chi connectivity index (χ1v) is 24.9. The number of nitrogens with two attached hydrogens (primary N) is 3. The van der Waals surface area contributed by atoms with Gasteiger partial charge in [-0.3, -0.25) is 34.3 Å². The molecule has 11 aromatic rings. The molecule has 11 aromatic heterocycles. The lowest BCUT2D eigenvalue weighted by Gasteiger charge is -2.14. The third-order valence-corrected chi connectivity index (χ3v) is 12.7. The van der Waals surface area contributed by atoms with E-state index in [1.807, 2.05) is 16.8 Å². The van der Waals surface area contributed by atoms with E-state index in [2.05, 4.69) is 78.0 Å². The smallest absolute Gasteiger partial charge is 0.263 e. The van der Waals surface area contributed by atoms with E-state index in [4.69, 9.17) is 26.7 Å². The predicted molar refractivity (Wildman–Crippen MR) is 293 cm³/mol. The SMILES string of the molecule is CCc1cncc(NC(=O)c2c(N)nn3cc(F)cnc23)c1C1CC1.COCCn1cncc1-c1ccncc1NC(=O)c1c(N)nn2cc(F)cnc12.COc1cncc(NC(=O)c2c(N)nn3cc(F)cnc23)c1-c1cccnc1. The van der Waals surface area contributed by atoms with Gasteiger partial charge in [0.15, 0.2) is 51.8 Å². The number of carbonyl (C=O) groups excluding carboxylic acids is 3. The molecule has 0 saturated heterocycles. The molecule has 0 bridgehead atoms. The van der Waals surface area contributed by atoms with Gasteiger partial charge in [-0.25, -0.2) is 46.7 Å². The van der Waals surface area contributed by atoms with E-state index in [9.17, 15) is 27.6 Å². The number of hydrogen-bond donors (Lipinski definition) is 6. The molecular weight excluding hydrogens is 1070 g/mol. The van der Waals surface area contributed by atoms with Gasteiger partial charge in [-0.15, -0.1) is 15.3 Å². The van der Waals surface area contributed by atoms with Crippen molar-refractivity contribution in [1.29, 1.82) is 0 Å². The van der Waals surface area contributed by atoms with Gasteiger partial charge >= 0.3 is 0 Å². The van der Waals surface area contributed by atoms with Crippen LogP contribution in [0.1, 0.15) is 67.9 Å². The Kier molecular flexibility index (Phi) is 15.6. The van der Waals surface area contributed by atoms with Crippen molar-refractivity contribution in [3.63, 3.8) is 0 Å². The van der Waals surface area contributed by atoms with Crippen LogP contribution in [0.4, 0.5) is 47.7 Å². The second-order valence-corrected chi connectivity index (χ2v) is 18.0. The molecule has 0 atom stereocenters. The molecular formula is C53H48F3N21O5. The molecule has 9 N–H and O–H groups in total. The molecule has 1 aliphatic carbocycles. The first-order chi connectivity index (χ1) is 39.7. The minimum atomic E-state index is -0.599. The standard InChI is InChI=1S/C18H17FN8O2.C18H14FN7O2.C17H17FN6O/c1-29-5-4-26-10-22-8-14(26)12-2-3-21-7-13(12)24-18(28)15-16(20)25-27-9-11(19)6-23-17(15)27;1-28-13-8-22-7-12(14(13)10-3-2-4-21-5-10)24-18(27)15-16(20)25-26-9-11(19)6-23-17(15)26;1-2-9-5-20-7-12(13(9)10-3-4-10)22-17(25)14-15(19)23-24-8-11(18)6-21-16(14)24/h2-3,6-10H,4-5H2,1H3,(H2,20,25)(H,24,28);2-9H,1H3,(H2,20,25)(H,24,27);5-8,10H,2-4H2,1H3,(H2,19,23)(H,22,25). The van der Waals surface area contributed by atoms with Crippen LogP contribution in [0.3, 0.4) is 0 Å². The van der Waals surface area contributed by atoms with E-state index in [1.54, 1.807) is 56.6 Å². The minimum absolute atomic E-state index is 0.00294. The van der Waals surface area contributed by atoms with Crippen molar-refractivity contribution in [2.24, 2.45) is 0 Å². The van der Waals surface area contributed by atoms with Crippen LogP contribution in [0.5, 0.6) is 5.75 Å². The van der Waals surface area contributed by atoms with Crippen LogP contribution in [-0.4, -0.2) is 112 Å². The summed E-state index contributed by atoms with van der Waals surface area (Å²) in [4.78, 5) is 71.1. The number of fused-ring (bicyclic) bond motifs is 3. The van der Waals surface area contributed by atoms with Gasteiger partial charge in [-0.05, 0) is 48.4 Å². The maximum atomic E-state index is 13.4. The summed E-state index contributed by atoms with van der Waals surface area (Å²) in [6.45, 7) is 3.17. The number of aromatic nitrogens is 15. The molecule has 1 saturated carbocycles. The third-order valence-electron chi connectivity index (χ3n) is 12.7. The highest BCUT2D eigenvalue weighted by Gasteiger charge is 2.31. The average molecular weight is 1120 g/mol. The Bertz CT molecular complexity index is 4180. The molecule has 26 nitrogen and oxygen atoms in total. The quantitative estimate of drug-likeness (QED) is 0.0694. The van der Waals surface area contributed by atoms with Crippen molar-refractivity contribution < 1.29 is 37.0 Å². The Morgan fingerprint density at radius 1 is 0.622 bits per heavy atom.